The van der Waals surface area contributed by atoms with Gasteiger partial charge in [0.05, 0.1) is 25.4 Å². The Morgan fingerprint density at radius 2 is 1.91 bits per heavy atom. The lowest BCUT2D eigenvalue weighted by Gasteiger charge is -2.24. The molecule has 3 aromatic rings. The van der Waals surface area contributed by atoms with E-state index < -0.39 is 0 Å². The standard InChI is InChI=1S/C26H29N3O4S/c1-32-24-9-3-2-8-23(24)28-26(31)19-10-12-20(13-11-19)27-25(30)18-29(16-21-6-4-14-33-21)17-22-7-5-15-34-22/h2-3,5,7-13,15,21H,4,6,14,16-18H2,1H3,(H,27,30)(H,28,31)/t21-/m0/s1. The maximum Gasteiger partial charge on any atom is 0.255 e. The van der Waals surface area contributed by atoms with Crippen molar-refractivity contribution < 1.29 is 19.1 Å². The Bertz CT molecular complexity index is 1080. The molecule has 1 atom stereocenters. The van der Waals surface area contributed by atoms with Crippen LogP contribution in [0.25, 0.3) is 0 Å². The molecule has 0 unspecified atom stereocenters. The monoisotopic (exact) mass is 479 g/mol. The summed E-state index contributed by atoms with van der Waals surface area (Å²) in [4.78, 5) is 28.7. The first-order valence-electron chi connectivity index (χ1n) is 11.3. The van der Waals surface area contributed by atoms with Crippen molar-refractivity contribution in [3.63, 3.8) is 0 Å². The highest BCUT2D eigenvalue weighted by molar-refractivity contribution is 7.09. The normalized spacial score (nSPS) is 15.3. The summed E-state index contributed by atoms with van der Waals surface area (Å²) in [5.74, 6) is 0.247. The van der Waals surface area contributed by atoms with Crippen LogP contribution in [0.4, 0.5) is 11.4 Å². The molecular formula is C26H29N3O4S. The summed E-state index contributed by atoms with van der Waals surface area (Å²) in [6, 6.07) is 18.2. The fourth-order valence-electron chi connectivity index (χ4n) is 3.94. The molecule has 2 aromatic carbocycles. The van der Waals surface area contributed by atoms with Gasteiger partial charge in [0.25, 0.3) is 5.91 Å². The van der Waals surface area contributed by atoms with Gasteiger partial charge in [-0.15, -0.1) is 11.3 Å². The second-order valence-corrected chi connectivity index (χ2v) is 9.20. The molecule has 2 amide bonds. The van der Waals surface area contributed by atoms with Gasteiger partial charge >= 0.3 is 0 Å². The fourth-order valence-corrected chi connectivity index (χ4v) is 4.68. The van der Waals surface area contributed by atoms with E-state index in [0.29, 0.717) is 29.2 Å². The first-order valence-corrected chi connectivity index (χ1v) is 12.2. The van der Waals surface area contributed by atoms with Crippen LogP contribution in [0.15, 0.2) is 66.0 Å². The average molecular weight is 480 g/mol. The van der Waals surface area contributed by atoms with Crippen molar-refractivity contribution in [2.24, 2.45) is 0 Å². The Labute approximate surface area is 203 Å². The summed E-state index contributed by atoms with van der Waals surface area (Å²) in [7, 11) is 1.56. The maximum atomic E-state index is 12.8. The smallest absolute Gasteiger partial charge is 0.255 e. The van der Waals surface area contributed by atoms with Gasteiger partial charge < -0.3 is 20.1 Å². The van der Waals surface area contributed by atoms with E-state index in [1.54, 1.807) is 54.8 Å². The van der Waals surface area contributed by atoms with E-state index in [0.717, 1.165) is 26.0 Å². The number of carbonyl (C=O) groups is 2. The zero-order valence-corrected chi connectivity index (χ0v) is 20.0. The average Bonchev–Trinajstić information content (AvgIpc) is 3.54. The van der Waals surface area contributed by atoms with Gasteiger partial charge in [0, 0.05) is 35.8 Å². The molecule has 0 bridgehead atoms. The van der Waals surface area contributed by atoms with Crippen LogP contribution in [0.5, 0.6) is 5.75 Å². The van der Waals surface area contributed by atoms with Crippen LogP contribution < -0.4 is 15.4 Å². The second-order valence-electron chi connectivity index (χ2n) is 8.16. The molecule has 0 spiro atoms. The summed E-state index contributed by atoms with van der Waals surface area (Å²) in [6.07, 6.45) is 2.27. The van der Waals surface area contributed by atoms with E-state index in [-0.39, 0.29) is 24.5 Å². The lowest BCUT2D eigenvalue weighted by Crippen LogP contribution is -2.37. The highest BCUT2D eigenvalue weighted by atomic mass is 32.1. The Morgan fingerprint density at radius 3 is 2.62 bits per heavy atom. The van der Waals surface area contributed by atoms with Gasteiger partial charge in [-0.05, 0) is 60.7 Å². The minimum atomic E-state index is -0.249. The summed E-state index contributed by atoms with van der Waals surface area (Å²) >= 11 is 1.69. The molecule has 2 heterocycles. The van der Waals surface area contributed by atoms with Crippen LogP contribution in [0, 0.1) is 0 Å². The van der Waals surface area contributed by atoms with Crippen LogP contribution in [0.1, 0.15) is 28.1 Å². The number of hydrogen-bond donors (Lipinski definition) is 2. The molecule has 178 valence electrons. The largest absolute Gasteiger partial charge is 0.495 e. The number of anilines is 2. The van der Waals surface area contributed by atoms with Crippen molar-refractivity contribution in [3.8, 4) is 5.75 Å². The van der Waals surface area contributed by atoms with Gasteiger partial charge in [-0.3, -0.25) is 14.5 Å². The van der Waals surface area contributed by atoms with Crippen molar-refractivity contribution in [3.05, 3.63) is 76.5 Å². The Morgan fingerprint density at radius 1 is 1.09 bits per heavy atom. The van der Waals surface area contributed by atoms with E-state index in [1.165, 1.54) is 4.88 Å². The summed E-state index contributed by atoms with van der Waals surface area (Å²) in [5.41, 5.74) is 1.73. The number of ether oxygens (including phenoxy) is 2. The Hall–Kier alpha value is -3.20. The minimum Gasteiger partial charge on any atom is -0.495 e. The molecule has 0 aliphatic carbocycles. The van der Waals surface area contributed by atoms with Gasteiger partial charge in [-0.25, -0.2) is 0 Å². The molecule has 1 aliphatic rings. The molecule has 7 nitrogen and oxygen atoms in total. The molecule has 4 rings (SSSR count). The third-order valence-electron chi connectivity index (χ3n) is 5.60. The third kappa shape index (κ3) is 6.66. The molecule has 34 heavy (non-hydrogen) atoms. The molecule has 1 aromatic heterocycles. The topological polar surface area (TPSA) is 79.9 Å². The third-order valence-corrected chi connectivity index (χ3v) is 6.46. The first-order chi connectivity index (χ1) is 16.6. The summed E-state index contributed by atoms with van der Waals surface area (Å²) in [6.45, 7) is 2.51. The number of para-hydroxylation sites is 2. The number of amides is 2. The van der Waals surface area contributed by atoms with Crippen molar-refractivity contribution in [2.75, 3.05) is 37.4 Å². The van der Waals surface area contributed by atoms with Crippen molar-refractivity contribution in [2.45, 2.75) is 25.5 Å². The van der Waals surface area contributed by atoms with Crippen LogP contribution in [0.3, 0.4) is 0 Å². The highest BCUT2D eigenvalue weighted by Crippen LogP contribution is 2.24. The molecule has 1 aliphatic heterocycles. The zero-order chi connectivity index (χ0) is 23.8. The molecule has 8 heteroatoms. The molecule has 2 N–H and O–H groups in total. The van der Waals surface area contributed by atoms with Gasteiger partial charge in [-0.1, -0.05) is 18.2 Å². The van der Waals surface area contributed by atoms with Crippen molar-refractivity contribution in [1.29, 1.82) is 0 Å². The van der Waals surface area contributed by atoms with Crippen LogP contribution in [-0.2, 0) is 16.1 Å². The summed E-state index contributed by atoms with van der Waals surface area (Å²) in [5, 5.41) is 7.84. The van der Waals surface area contributed by atoms with Gasteiger partial charge in [0.1, 0.15) is 5.75 Å². The Kier molecular flexibility index (Phi) is 8.30. The quantitative estimate of drug-likeness (QED) is 0.443. The van der Waals surface area contributed by atoms with Gasteiger partial charge in [0.15, 0.2) is 0 Å². The van der Waals surface area contributed by atoms with Crippen molar-refractivity contribution in [1.82, 2.24) is 4.90 Å². The number of benzene rings is 2. The predicted molar refractivity (Wildman–Crippen MR) is 135 cm³/mol. The van der Waals surface area contributed by atoms with E-state index in [9.17, 15) is 9.59 Å². The van der Waals surface area contributed by atoms with Crippen LogP contribution in [-0.4, -0.2) is 49.6 Å². The minimum absolute atomic E-state index is 0.0965. The maximum absolute atomic E-state index is 12.8. The fraction of sp³-hybridized carbons (Fsp3) is 0.308. The molecule has 1 fully saturated rings. The second kappa shape index (κ2) is 11.8. The van der Waals surface area contributed by atoms with Crippen molar-refractivity contribution >= 4 is 34.5 Å². The number of nitrogens with one attached hydrogen (secondary N) is 2. The van der Waals surface area contributed by atoms with Crippen LogP contribution in [0.2, 0.25) is 0 Å². The molecule has 0 radical (unpaired) electrons. The lowest BCUT2D eigenvalue weighted by atomic mass is 10.2. The number of hydrogen-bond acceptors (Lipinski definition) is 6. The van der Waals surface area contributed by atoms with Gasteiger partial charge in [0.2, 0.25) is 5.91 Å². The molecule has 1 saturated heterocycles. The van der Waals surface area contributed by atoms with Crippen LogP contribution >= 0.6 is 11.3 Å². The van der Waals surface area contributed by atoms with E-state index in [1.807, 2.05) is 23.6 Å². The van der Waals surface area contributed by atoms with E-state index in [4.69, 9.17) is 9.47 Å². The lowest BCUT2D eigenvalue weighted by molar-refractivity contribution is -0.117. The summed E-state index contributed by atoms with van der Waals surface area (Å²) < 4.78 is 11.1. The Balaban J connectivity index is 1.33. The predicted octanol–water partition coefficient (Wildman–Crippen LogP) is 4.63. The number of carbonyl (C=O) groups excluding carboxylic acids is 2. The van der Waals surface area contributed by atoms with E-state index >= 15 is 0 Å². The number of rotatable bonds is 10. The van der Waals surface area contributed by atoms with Gasteiger partial charge in [-0.2, -0.15) is 0 Å². The number of nitrogens with zero attached hydrogens (tertiary/aromatic N) is 1. The molecular weight excluding hydrogens is 450 g/mol. The number of thiophene rings is 1. The SMILES string of the molecule is COc1ccccc1NC(=O)c1ccc(NC(=O)CN(Cc2cccs2)C[C@@H]2CCCO2)cc1. The first kappa shape index (κ1) is 23.9. The molecule has 0 saturated carbocycles. The zero-order valence-electron chi connectivity index (χ0n) is 19.2. The highest BCUT2D eigenvalue weighted by Gasteiger charge is 2.21. The number of methoxy groups -OCH3 is 1. The van der Waals surface area contributed by atoms with E-state index in [2.05, 4.69) is 21.6 Å².